The van der Waals surface area contributed by atoms with Crippen LogP contribution in [-0.2, 0) is 12.4 Å². The maximum atomic E-state index is 12.6. The van der Waals surface area contributed by atoms with E-state index in [0.717, 1.165) is 29.5 Å². The summed E-state index contributed by atoms with van der Waals surface area (Å²) in [7, 11) is 0. The molecule has 0 aliphatic carbocycles. The van der Waals surface area contributed by atoms with Crippen LogP contribution in [0.2, 0.25) is 0 Å². The quantitative estimate of drug-likeness (QED) is 0.396. The normalized spacial score (nSPS) is 12.7. The van der Waals surface area contributed by atoms with Crippen LogP contribution in [0.25, 0.3) is 0 Å². The first-order valence-electron chi connectivity index (χ1n) is 4.43. The topological polar surface area (TPSA) is 17.1 Å². The Morgan fingerprint density at radius 2 is 1.33 bits per heavy atom. The van der Waals surface area contributed by atoms with Crippen LogP contribution < -0.4 is 0 Å². The van der Waals surface area contributed by atoms with E-state index < -0.39 is 38.4 Å². The number of hydrogen-bond donors (Lipinski definition) is 0. The Balaban J connectivity index is 3.64. The first kappa shape index (κ1) is 15.3. The van der Waals surface area contributed by atoms with Gasteiger partial charge in [-0.05, 0) is 41.6 Å². The minimum atomic E-state index is -4.94. The van der Waals surface area contributed by atoms with Gasteiger partial charge in [0.05, 0.1) is 11.1 Å². The summed E-state index contributed by atoms with van der Waals surface area (Å²) in [5, 5.41) is 0. The summed E-state index contributed by atoms with van der Waals surface area (Å²) in [5.74, 6) is -0.859. The van der Waals surface area contributed by atoms with E-state index in [4.69, 9.17) is 0 Å². The van der Waals surface area contributed by atoms with Gasteiger partial charge in [-0.1, -0.05) is 0 Å². The second-order valence-corrected chi connectivity index (χ2v) is 4.52. The fraction of sp³-hybridized carbons (Fsp3) is 0.300. The van der Waals surface area contributed by atoms with Crippen LogP contribution in [0.3, 0.4) is 0 Å². The van der Waals surface area contributed by atoms with Gasteiger partial charge < -0.3 is 0 Å². The van der Waals surface area contributed by atoms with E-state index in [9.17, 15) is 31.1 Å². The predicted molar refractivity (Wildman–Crippen MR) is 59.2 cm³/mol. The van der Waals surface area contributed by atoms with Gasteiger partial charge in [0.2, 0.25) is 0 Å². The van der Waals surface area contributed by atoms with Gasteiger partial charge >= 0.3 is 12.4 Å². The molecule has 0 bridgehead atoms. The van der Waals surface area contributed by atoms with Gasteiger partial charge in [-0.2, -0.15) is 26.3 Å². The second kappa shape index (κ2) is 4.71. The molecule has 0 heterocycles. The molecule has 0 saturated heterocycles. The van der Waals surface area contributed by atoms with Crippen LogP contribution in [0.5, 0.6) is 0 Å². The van der Waals surface area contributed by atoms with Gasteiger partial charge in [-0.25, -0.2) is 0 Å². The van der Waals surface area contributed by atoms with Crippen molar-refractivity contribution in [2.45, 2.75) is 19.3 Å². The third-order valence-corrected chi connectivity index (χ3v) is 3.25. The maximum absolute atomic E-state index is 12.6. The summed E-state index contributed by atoms with van der Waals surface area (Å²) in [6.07, 6.45) is -9.88. The lowest BCUT2D eigenvalue weighted by Gasteiger charge is -2.16. The Bertz CT molecular complexity index is 453. The Morgan fingerprint density at radius 1 is 1.00 bits per heavy atom. The van der Waals surface area contributed by atoms with E-state index in [0.29, 0.717) is 12.1 Å². The maximum Gasteiger partial charge on any atom is 0.417 e. The third-order valence-electron chi connectivity index (χ3n) is 2.09. The molecule has 18 heavy (non-hydrogen) atoms. The molecule has 0 atom stereocenters. The number of carbonyl (C=O) groups is 1. The predicted octanol–water partition coefficient (Wildman–Crippen LogP) is 4.53. The third kappa shape index (κ3) is 3.15. The Kier molecular flexibility index (Phi) is 3.99. The van der Waals surface area contributed by atoms with Gasteiger partial charge in [-0.15, -0.1) is 0 Å². The highest BCUT2D eigenvalue weighted by Crippen LogP contribution is 2.40. The Morgan fingerprint density at radius 3 is 1.56 bits per heavy atom. The minimum absolute atomic E-state index is 0.430. The van der Waals surface area contributed by atoms with Crippen LogP contribution in [0.15, 0.2) is 12.1 Å². The molecule has 0 fully saturated rings. The lowest BCUT2D eigenvalue weighted by molar-refractivity contribution is -0.144. The van der Waals surface area contributed by atoms with Crippen molar-refractivity contribution in [3.63, 3.8) is 0 Å². The number of rotatable bonds is 1. The van der Waals surface area contributed by atoms with Crippen molar-refractivity contribution in [1.29, 1.82) is 0 Å². The minimum Gasteiger partial charge on any atom is -0.295 e. The number of alkyl halides is 6. The van der Waals surface area contributed by atoms with Crippen LogP contribution >= 0.6 is 22.6 Å². The lowest BCUT2D eigenvalue weighted by atomic mass is 10.0. The molecule has 0 aliphatic rings. The highest BCUT2D eigenvalue weighted by atomic mass is 127. The number of ketones is 1. The molecule has 1 rings (SSSR count). The zero-order chi connectivity index (χ0) is 14.3. The van der Waals surface area contributed by atoms with Crippen LogP contribution in [0.4, 0.5) is 26.3 Å². The molecule has 0 spiro atoms. The summed E-state index contributed by atoms with van der Waals surface area (Å²) in [5.41, 5.74) is -3.53. The Hall–Kier alpha value is -0.800. The van der Waals surface area contributed by atoms with Gasteiger partial charge in [0.15, 0.2) is 5.78 Å². The van der Waals surface area contributed by atoms with E-state index in [2.05, 4.69) is 0 Å². The van der Waals surface area contributed by atoms with Crippen molar-refractivity contribution in [2.75, 3.05) is 0 Å². The highest BCUT2D eigenvalue weighted by molar-refractivity contribution is 14.1. The zero-order valence-corrected chi connectivity index (χ0v) is 10.9. The Labute approximate surface area is 111 Å². The summed E-state index contributed by atoms with van der Waals surface area (Å²) >= 11 is 0.980. The molecule has 0 aliphatic heterocycles. The number of hydrogen-bond acceptors (Lipinski definition) is 1. The lowest BCUT2D eigenvalue weighted by Crippen LogP contribution is -2.16. The molecule has 1 nitrogen and oxygen atoms in total. The molecule has 0 saturated carbocycles. The van der Waals surface area contributed by atoms with Gasteiger partial charge in [-0.3, -0.25) is 4.79 Å². The van der Waals surface area contributed by atoms with Crippen molar-refractivity contribution in [1.82, 2.24) is 0 Å². The smallest absolute Gasteiger partial charge is 0.295 e. The first-order valence-corrected chi connectivity index (χ1v) is 5.51. The second-order valence-electron chi connectivity index (χ2n) is 3.44. The van der Waals surface area contributed by atoms with Crippen molar-refractivity contribution >= 4 is 28.4 Å². The van der Waals surface area contributed by atoms with E-state index in [1.807, 2.05) is 0 Å². The molecular formula is C10H5F6IO. The average Bonchev–Trinajstić information content (AvgIpc) is 2.13. The average molecular weight is 382 g/mol. The number of Topliss-reactive ketones (excluding diaryl/α,β-unsaturated/α-hetero) is 1. The van der Waals surface area contributed by atoms with Crippen LogP contribution in [0.1, 0.15) is 28.4 Å². The molecule has 0 N–H and O–H groups in total. The molecule has 0 unspecified atom stereocenters. The van der Waals surface area contributed by atoms with E-state index >= 15 is 0 Å². The van der Waals surface area contributed by atoms with E-state index in [1.165, 1.54) is 0 Å². The summed E-state index contributed by atoms with van der Waals surface area (Å²) < 4.78 is 74.5. The monoisotopic (exact) mass is 382 g/mol. The van der Waals surface area contributed by atoms with Gasteiger partial charge in [0.25, 0.3) is 0 Å². The van der Waals surface area contributed by atoms with Crippen molar-refractivity contribution in [3.05, 3.63) is 32.4 Å². The fourth-order valence-electron chi connectivity index (χ4n) is 1.24. The number of benzene rings is 1. The van der Waals surface area contributed by atoms with Crippen LogP contribution in [-0.4, -0.2) is 5.78 Å². The molecule has 0 amide bonds. The van der Waals surface area contributed by atoms with Crippen molar-refractivity contribution in [2.24, 2.45) is 0 Å². The fourth-order valence-corrected chi connectivity index (χ4v) is 2.16. The first-order chi connectivity index (χ1) is 7.94. The summed E-state index contributed by atoms with van der Waals surface area (Å²) in [6.45, 7) is 0.905. The molecule has 1 aromatic carbocycles. The number of halogens is 7. The highest BCUT2D eigenvalue weighted by Gasteiger charge is 2.40. The summed E-state index contributed by atoms with van der Waals surface area (Å²) in [6, 6.07) is 0.860. The van der Waals surface area contributed by atoms with Crippen molar-refractivity contribution < 1.29 is 31.1 Å². The molecular weight excluding hydrogens is 377 g/mol. The molecule has 0 aromatic heterocycles. The largest absolute Gasteiger partial charge is 0.417 e. The van der Waals surface area contributed by atoms with Gasteiger partial charge in [0, 0.05) is 9.13 Å². The number of carbonyl (C=O) groups excluding carboxylic acids is 1. The van der Waals surface area contributed by atoms with E-state index in [1.54, 1.807) is 0 Å². The summed E-state index contributed by atoms with van der Waals surface area (Å²) in [4.78, 5) is 11.0. The molecule has 0 radical (unpaired) electrons. The van der Waals surface area contributed by atoms with Crippen LogP contribution in [0, 0.1) is 3.57 Å². The standard InChI is InChI=1S/C10H5F6IO/c1-4(18)5-2-6(9(11,12)13)8(17)7(3-5)10(14,15)16/h2-3H,1H3. The molecule has 8 heteroatoms. The molecule has 1 aromatic rings. The zero-order valence-electron chi connectivity index (χ0n) is 8.71. The van der Waals surface area contributed by atoms with Crippen molar-refractivity contribution in [3.8, 4) is 0 Å². The van der Waals surface area contributed by atoms with Gasteiger partial charge in [0.1, 0.15) is 0 Å². The molecule has 100 valence electrons. The SMILES string of the molecule is CC(=O)c1cc(C(F)(F)F)c(I)c(C(F)(F)F)c1. The van der Waals surface area contributed by atoms with E-state index in [-0.39, 0.29) is 0 Å².